The van der Waals surface area contributed by atoms with Crippen molar-refractivity contribution in [3.8, 4) is 0 Å². The molecule has 0 atom stereocenters. The zero-order valence-corrected chi connectivity index (χ0v) is 32.2. The molecule has 53 heavy (non-hydrogen) atoms. The Morgan fingerprint density at radius 1 is 0.283 bits per heavy atom. The molecule has 0 radical (unpaired) electrons. The fourth-order valence-electron chi connectivity index (χ4n) is 3.63. The Hall–Kier alpha value is -1.17. The minimum atomic E-state index is -0.872. The van der Waals surface area contributed by atoms with Crippen LogP contribution in [0.5, 0.6) is 0 Å². The molecule has 0 fully saturated rings. The number of carboxylic acid groups (broad SMARTS) is 1. The van der Waals surface area contributed by atoms with Crippen molar-refractivity contribution in [3.05, 3.63) is 0 Å². The lowest BCUT2D eigenvalue weighted by Crippen LogP contribution is -2.15. The van der Waals surface area contributed by atoms with Gasteiger partial charge in [-0.25, -0.2) is 0 Å². The predicted molar refractivity (Wildman–Crippen MR) is 191 cm³/mol. The summed E-state index contributed by atoms with van der Waals surface area (Å²) in [6, 6.07) is 0. The minimum Gasteiger partial charge on any atom is -0.481 e. The summed E-state index contributed by atoms with van der Waals surface area (Å²) in [5, 5.41) is 8.50. The van der Waals surface area contributed by atoms with E-state index >= 15 is 0 Å². The van der Waals surface area contributed by atoms with Crippen molar-refractivity contribution >= 4 is 5.97 Å². The Morgan fingerprint density at radius 2 is 0.453 bits per heavy atom. The van der Waals surface area contributed by atoms with E-state index in [2.05, 4.69) is 0 Å². The van der Waals surface area contributed by atoms with Crippen LogP contribution in [0.3, 0.4) is 0 Å². The van der Waals surface area contributed by atoms with Gasteiger partial charge in [-0.1, -0.05) is 0 Å². The van der Waals surface area contributed by atoms with E-state index in [1.807, 2.05) is 0 Å². The molecular weight excluding hydrogens is 708 g/mol. The molecule has 0 aromatic heterocycles. The van der Waals surface area contributed by atoms with E-state index in [4.69, 9.17) is 80.9 Å². The maximum atomic E-state index is 10.3. The summed E-state index contributed by atoms with van der Waals surface area (Å²) in [6.45, 7) is 15.5. The quantitative estimate of drug-likeness (QED) is 0.0853. The second-order valence-corrected chi connectivity index (χ2v) is 10.7. The highest BCUT2D eigenvalue weighted by Gasteiger charge is 1.99. The number of aliphatic carboxylic acids is 1. The lowest BCUT2D eigenvalue weighted by Gasteiger charge is -2.09. The standard InChI is InChI=1S/C35H70O18/c1-38-7-8-42-15-16-45-19-20-47-23-24-49-27-28-51-31-32-53-34-33-52-30-29-50-26-25-48-22-21-46-18-17-44-13-10-40-5-2-4-39-9-12-43-14-11-41-6-3-35(36)37/h2-34H2,1H3,(H,36,37). The van der Waals surface area contributed by atoms with E-state index < -0.39 is 5.97 Å². The van der Waals surface area contributed by atoms with E-state index in [0.717, 1.165) is 6.42 Å². The van der Waals surface area contributed by atoms with E-state index in [1.54, 1.807) is 7.11 Å². The van der Waals surface area contributed by atoms with Gasteiger partial charge in [0.2, 0.25) is 0 Å². The van der Waals surface area contributed by atoms with Gasteiger partial charge in [-0.15, -0.1) is 0 Å². The topological polar surface area (TPSA) is 185 Å². The average Bonchev–Trinajstić information content (AvgIpc) is 3.15. The molecule has 0 aliphatic heterocycles. The van der Waals surface area contributed by atoms with Gasteiger partial charge in [0, 0.05) is 20.3 Å². The third-order valence-corrected chi connectivity index (χ3v) is 6.31. The van der Waals surface area contributed by atoms with Crippen LogP contribution in [0.2, 0.25) is 0 Å². The van der Waals surface area contributed by atoms with Gasteiger partial charge in [-0.05, 0) is 6.42 Å². The Labute approximate surface area is 316 Å². The smallest absolute Gasteiger partial charge is 0.305 e. The van der Waals surface area contributed by atoms with Crippen LogP contribution in [0.15, 0.2) is 0 Å². The second-order valence-electron chi connectivity index (χ2n) is 10.7. The molecule has 0 unspecified atom stereocenters. The first-order chi connectivity index (χ1) is 26.3. The third kappa shape index (κ3) is 50.8. The lowest BCUT2D eigenvalue weighted by atomic mass is 10.5. The number of hydrogen-bond donors (Lipinski definition) is 1. The average molecular weight is 779 g/mol. The van der Waals surface area contributed by atoms with Gasteiger partial charge in [-0.3, -0.25) is 4.79 Å². The predicted octanol–water partition coefficient (Wildman–Crippen LogP) is 0.747. The summed E-state index contributed by atoms with van der Waals surface area (Å²) in [7, 11) is 1.64. The third-order valence-electron chi connectivity index (χ3n) is 6.31. The maximum Gasteiger partial charge on any atom is 0.305 e. The van der Waals surface area contributed by atoms with Gasteiger partial charge in [-0.2, -0.15) is 0 Å². The molecule has 0 saturated heterocycles. The van der Waals surface area contributed by atoms with Crippen LogP contribution in [-0.2, 0) is 80.6 Å². The molecule has 0 amide bonds. The van der Waals surface area contributed by atoms with Gasteiger partial charge < -0.3 is 80.9 Å². The first-order valence-corrected chi connectivity index (χ1v) is 18.6. The number of ether oxygens (including phenoxy) is 16. The normalized spacial score (nSPS) is 11.6. The molecule has 0 bridgehead atoms. The first kappa shape index (κ1) is 51.8. The molecule has 18 nitrogen and oxygen atoms in total. The summed E-state index contributed by atoms with van der Waals surface area (Å²) in [5.41, 5.74) is 0. The van der Waals surface area contributed by atoms with Crippen LogP contribution in [0.4, 0.5) is 0 Å². The van der Waals surface area contributed by atoms with Gasteiger partial charge in [0.15, 0.2) is 0 Å². The monoisotopic (exact) mass is 778 g/mol. The van der Waals surface area contributed by atoms with Gasteiger partial charge >= 0.3 is 5.97 Å². The molecule has 0 heterocycles. The van der Waals surface area contributed by atoms with Gasteiger partial charge in [0.25, 0.3) is 0 Å². The molecule has 0 rings (SSSR count). The lowest BCUT2D eigenvalue weighted by molar-refractivity contribution is -0.138. The van der Waals surface area contributed by atoms with Crippen molar-refractivity contribution in [2.45, 2.75) is 12.8 Å². The van der Waals surface area contributed by atoms with Crippen LogP contribution in [0.25, 0.3) is 0 Å². The number of carbonyl (C=O) groups is 1. The van der Waals surface area contributed by atoms with Crippen molar-refractivity contribution in [1.82, 2.24) is 0 Å². The van der Waals surface area contributed by atoms with Crippen LogP contribution >= 0.6 is 0 Å². The zero-order valence-electron chi connectivity index (χ0n) is 32.2. The van der Waals surface area contributed by atoms with E-state index in [0.29, 0.717) is 198 Å². The molecule has 1 N–H and O–H groups in total. The number of methoxy groups -OCH3 is 1. The van der Waals surface area contributed by atoms with Gasteiger partial charge in [0.1, 0.15) is 0 Å². The summed E-state index contributed by atoms with van der Waals surface area (Å²) >= 11 is 0. The van der Waals surface area contributed by atoms with E-state index in [9.17, 15) is 4.79 Å². The maximum absolute atomic E-state index is 10.3. The van der Waals surface area contributed by atoms with Crippen molar-refractivity contribution in [3.63, 3.8) is 0 Å². The Bertz CT molecular complexity index is 681. The molecule has 0 aromatic carbocycles. The van der Waals surface area contributed by atoms with Crippen molar-refractivity contribution in [2.75, 3.05) is 212 Å². The molecule has 18 heteroatoms. The minimum absolute atomic E-state index is 0.000101. The number of carboxylic acids is 1. The first-order valence-electron chi connectivity index (χ1n) is 18.6. The Balaban J connectivity index is 3.05. The molecule has 0 saturated carbocycles. The van der Waals surface area contributed by atoms with Gasteiger partial charge in [0.05, 0.1) is 198 Å². The Morgan fingerprint density at radius 3 is 0.642 bits per heavy atom. The fourth-order valence-corrected chi connectivity index (χ4v) is 3.63. The van der Waals surface area contributed by atoms with Crippen LogP contribution in [0, 0.1) is 0 Å². The largest absolute Gasteiger partial charge is 0.481 e. The van der Waals surface area contributed by atoms with Crippen LogP contribution in [0.1, 0.15) is 12.8 Å². The molecule has 0 aliphatic carbocycles. The Kier molecular flexibility index (Phi) is 47.8. The van der Waals surface area contributed by atoms with Crippen LogP contribution in [-0.4, -0.2) is 223 Å². The highest BCUT2D eigenvalue weighted by molar-refractivity contribution is 5.66. The van der Waals surface area contributed by atoms with Crippen molar-refractivity contribution in [2.24, 2.45) is 0 Å². The summed E-state index contributed by atoms with van der Waals surface area (Å²) in [4.78, 5) is 10.3. The highest BCUT2D eigenvalue weighted by Crippen LogP contribution is 1.90. The number of hydrogen-bond acceptors (Lipinski definition) is 17. The molecule has 318 valence electrons. The SMILES string of the molecule is COCCOCCOCCOCCOCCOCCOCCOCCOCCOCCOCCOCCOCCCOCCOCCOCCC(=O)O. The fraction of sp³-hybridized carbons (Fsp3) is 0.971. The van der Waals surface area contributed by atoms with E-state index in [-0.39, 0.29) is 13.0 Å². The van der Waals surface area contributed by atoms with Crippen LogP contribution < -0.4 is 0 Å². The van der Waals surface area contributed by atoms with E-state index in [1.165, 1.54) is 0 Å². The molecular formula is C35H70O18. The zero-order chi connectivity index (χ0) is 38.2. The molecule has 0 aromatic rings. The van der Waals surface area contributed by atoms with Crippen molar-refractivity contribution in [1.29, 1.82) is 0 Å². The summed E-state index contributed by atoms with van der Waals surface area (Å²) in [6.07, 6.45) is 0.788. The number of rotatable bonds is 49. The second kappa shape index (κ2) is 48.8. The summed E-state index contributed by atoms with van der Waals surface area (Å²) in [5.74, 6) is -0.872. The molecule has 0 spiro atoms. The highest BCUT2D eigenvalue weighted by atomic mass is 16.6. The molecule has 0 aliphatic rings. The van der Waals surface area contributed by atoms with Crippen molar-refractivity contribution < 1.29 is 85.7 Å². The summed E-state index contributed by atoms with van der Waals surface area (Å²) < 4.78 is 86.3.